The Morgan fingerprint density at radius 3 is 2.28 bits per heavy atom. The standard InChI is InChI=1S/C23H19N3O3/c1-17(27)26(19-13-11-18(15-24)12-14-19)16-23(28)25-21-9-5-6-10-22(21)29-20-7-3-2-4-8-20/h2-14H,16H2,1H3,(H,25,28). The van der Waals surface area contributed by atoms with Crippen LogP contribution in [0.3, 0.4) is 0 Å². The number of anilines is 2. The Morgan fingerprint density at radius 1 is 0.966 bits per heavy atom. The molecule has 6 heteroatoms. The fourth-order valence-corrected chi connectivity index (χ4v) is 2.71. The van der Waals surface area contributed by atoms with E-state index >= 15 is 0 Å². The molecule has 2 amide bonds. The summed E-state index contributed by atoms with van der Waals surface area (Å²) < 4.78 is 5.85. The minimum Gasteiger partial charge on any atom is -0.455 e. The third kappa shape index (κ3) is 5.21. The summed E-state index contributed by atoms with van der Waals surface area (Å²) in [6, 6.07) is 24.8. The van der Waals surface area contributed by atoms with Crippen LogP contribution in [0.15, 0.2) is 78.9 Å². The number of hydrogen-bond donors (Lipinski definition) is 1. The van der Waals surface area contributed by atoms with Gasteiger partial charge in [-0.05, 0) is 48.5 Å². The van der Waals surface area contributed by atoms with E-state index in [0.29, 0.717) is 28.4 Å². The number of carbonyl (C=O) groups is 2. The van der Waals surface area contributed by atoms with Crippen molar-refractivity contribution in [1.82, 2.24) is 0 Å². The van der Waals surface area contributed by atoms with Crippen LogP contribution in [-0.2, 0) is 9.59 Å². The van der Waals surface area contributed by atoms with Gasteiger partial charge in [0.05, 0.1) is 17.3 Å². The number of para-hydroxylation sites is 3. The maximum absolute atomic E-state index is 12.6. The van der Waals surface area contributed by atoms with Gasteiger partial charge in [0.2, 0.25) is 11.8 Å². The first-order valence-electron chi connectivity index (χ1n) is 8.97. The van der Waals surface area contributed by atoms with Gasteiger partial charge >= 0.3 is 0 Å². The zero-order valence-corrected chi connectivity index (χ0v) is 15.8. The molecule has 0 heterocycles. The molecule has 3 aromatic rings. The monoisotopic (exact) mass is 385 g/mol. The van der Waals surface area contributed by atoms with Crippen LogP contribution in [0, 0.1) is 11.3 Å². The van der Waals surface area contributed by atoms with Crippen molar-refractivity contribution in [2.24, 2.45) is 0 Å². The highest BCUT2D eigenvalue weighted by Gasteiger charge is 2.17. The molecule has 0 aliphatic heterocycles. The van der Waals surface area contributed by atoms with Crippen molar-refractivity contribution in [3.63, 3.8) is 0 Å². The average Bonchev–Trinajstić information content (AvgIpc) is 2.74. The van der Waals surface area contributed by atoms with Crippen molar-refractivity contribution in [3.05, 3.63) is 84.4 Å². The number of amides is 2. The zero-order valence-electron chi connectivity index (χ0n) is 15.8. The lowest BCUT2D eigenvalue weighted by Crippen LogP contribution is -2.36. The van der Waals surface area contributed by atoms with Gasteiger partial charge in [-0.1, -0.05) is 30.3 Å². The number of nitrogens with one attached hydrogen (secondary N) is 1. The van der Waals surface area contributed by atoms with E-state index in [9.17, 15) is 9.59 Å². The fourth-order valence-electron chi connectivity index (χ4n) is 2.71. The van der Waals surface area contributed by atoms with Crippen LogP contribution in [0.2, 0.25) is 0 Å². The zero-order chi connectivity index (χ0) is 20.6. The molecule has 0 atom stereocenters. The molecule has 0 radical (unpaired) electrons. The van der Waals surface area contributed by atoms with Crippen LogP contribution in [-0.4, -0.2) is 18.4 Å². The van der Waals surface area contributed by atoms with E-state index in [0.717, 1.165) is 0 Å². The summed E-state index contributed by atoms with van der Waals surface area (Å²) in [5.74, 6) is 0.504. The quantitative estimate of drug-likeness (QED) is 0.684. The number of rotatable bonds is 6. The Bertz CT molecular complexity index is 1040. The smallest absolute Gasteiger partial charge is 0.244 e. The molecule has 0 fully saturated rings. The summed E-state index contributed by atoms with van der Waals surface area (Å²) >= 11 is 0. The topological polar surface area (TPSA) is 82.4 Å². The molecule has 6 nitrogen and oxygen atoms in total. The van der Waals surface area contributed by atoms with Crippen LogP contribution in [0.25, 0.3) is 0 Å². The fraction of sp³-hybridized carbons (Fsp3) is 0.0870. The molecule has 1 N–H and O–H groups in total. The van der Waals surface area contributed by atoms with E-state index in [1.807, 2.05) is 42.5 Å². The Labute approximate surface area is 169 Å². The van der Waals surface area contributed by atoms with E-state index in [2.05, 4.69) is 5.32 Å². The summed E-state index contributed by atoms with van der Waals surface area (Å²) in [6.07, 6.45) is 0. The van der Waals surface area contributed by atoms with Crippen LogP contribution >= 0.6 is 0 Å². The number of benzene rings is 3. The molecular weight excluding hydrogens is 366 g/mol. The molecule has 3 rings (SSSR count). The van der Waals surface area contributed by atoms with Gasteiger partial charge in [-0.2, -0.15) is 5.26 Å². The van der Waals surface area contributed by atoms with Crippen molar-refractivity contribution in [2.75, 3.05) is 16.8 Å². The molecule has 3 aromatic carbocycles. The van der Waals surface area contributed by atoms with Gasteiger partial charge in [0.15, 0.2) is 5.75 Å². The second kappa shape index (κ2) is 9.20. The van der Waals surface area contributed by atoms with Gasteiger partial charge < -0.3 is 15.0 Å². The molecule has 0 aliphatic carbocycles. The van der Waals surface area contributed by atoms with Gasteiger partial charge in [-0.3, -0.25) is 9.59 Å². The Morgan fingerprint density at radius 2 is 1.62 bits per heavy atom. The van der Waals surface area contributed by atoms with Crippen molar-refractivity contribution >= 4 is 23.2 Å². The predicted molar refractivity (Wildman–Crippen MR) is 111 cm³/mol. The molecule has 144 valence electrons. The van der Waals surface area contributed by atoms with Gasteiger partial charge in [-0.15, -0.1) is 0 Å². The molecule has 0 aliphatic rings. The van der Waals surface area contributed by atoms with Crippen molar-refractivity contribution in [1.29, 1.82) is 5.26 Å². The summed E-state index contributed by atoms with van der Waals surface area (Å²) in [5.41, 5.74) is 1.53. The SMILES string of the molecule is CC(=O)N(CC(=O)Nc1ccccc1Oc1ccccc1)c1ccc(C#N)cc1. The van der Waals surface area contributed by atoms with Gasteiger partial charge in [0.25, 0.3) is 0 Å². The molecule has 29 heavy (non-hydrogen) atoms. The lowest BCUT2D eigenvalue weighted by molar-refractivity contribution is -0.120. The van der Waals surface area contributed by atoms with E-state index < -0.39 is 0 Å². The van der Waals surface area contributed by atoms with Crippen LogP contribution < -0.4 is 15.0 Å². The van der Waals surface area contributed by atoms with Gasteiger partial charge in [0.1, 0.15) is 12.3 Å². The molecule has 0 bridgehead atoms. The molecular formula is C23H19N3O3. The van der Waals surface area contributed by atoms with E-state index in [4.69, 9.17) is 10.00 Å². The Balaban J connectivity index is 1.74. The predicted octanol–water partition coefficient (Wildman–Crippen LogP) is 4.34. The van der Waals surface area contributed by atoms with Crippen LogP contribution in [0.5, 0.6) is 11.5 Å². The summed E-state index contributed by atoms with van der Waals surface area (Å²) in [4.78, 5) is 26.0. The first-order valence-corrected chi connectivity index (χ1v) is 8.97. The third-order valence-corrected chi connectivity index (χ3v) is 4.12. The summed E-state index contributed by atoms with van der Waals surface area (Å²) in [7, 11) is 0. The van der Waals surface area contributed by atoms with Crippen molar-refractivity contribution in [2.45, 2.75) is 6.92 Å². The summed E-state index contributed by atoms with van der Waals surface area (Å²) in [5, 5.41) is 11.7. The second-order valence-electron chi connectivity index (χ2n) is 6.22. The van der Waals surface area contributed by atoms with E-state index in [1.165, 1.54) is 11.8 Å². The van der Waals surface area contributed by atoms with E-state index in [1.54, 1.807) is 42.5 Å². The third-order valence-electron chi connectivity index (χ3n) is 4.12. The molecule has 0 saturated carbocycles. The maximum Gasteiger partial charge on any atom is 0.244 e. The summed E-state index contributed by atoms with van der Waals surface area (Å²) in [6.45, 7) is 1.22. The highest BCUT2D eigenvalue weighted by Crippen LogP contribution is 2.29. The lowest BCUT2D eigenvalue weighted by Gasteiger charge is -2.21. The number of ether oxygens (including phenoxy) is 1. The number of nitrogens with zero attached hydrogens (tertiary/aromatic N) is 2. The molecule has 0 spiro atoms. The molecule has 0 saturated heterocycles. The normalized spacial score (nSPS) is 9.93. The highest BCUT2D eigenvalue weighted by molar-refractivity contribution is 6.02. The molecule has 0 aromatic heterocycles. The largest absolute Gasteiger partial charge is 0.455 e. The Hall–Kier alpha value is -4.11. The molecule has 0 unspecified atom stereocenters. The highest BCUT2D eigenvalue weighted by atomic mass is 16.5. The van der Waals surface area contributed by atoms with Crippen LogP contribution in [0.1, 0.15) is 12.5 Å². The second-order valence-corrected chi connectivity index (χ2v) is 6.22. The van der Waals surface area contributed by atoms with E-state index in [-0.39, 0.29) is 18.4 Å². The van der Waals surface area contributed by atoms with Gasteiger partial charge in [-0.25, -0.2) is 0 Å². The van der Waals surface area contributed by atoms with Gasteiger partial charge in [0, 0.05) is 12.6 Å². The lowest BCUT2D eigenvalue weighted by atomic mass is 10.2. The first kappa shape index (κ1) is 19.6. The number of hydrogen-bond acceptors (Lipinski definition) is 4. The number of nitriles is 1. The minimum absolute atomic E-state index is 0.166. The maximum atomic E-state index is 12.6. The van der Waals surface area contributed by atoms with Crippen molar-refractivity contribution in [3.8, 4) is 17.6 Å². The number of carbonyl (C=O) groups excluding carboxylic acids is 2. The minimum atomic E-state index is -0.367. The van der Waals surface area contributed by atoms with Crippen LogP contribution in [0.4, 0.5) is 11.4 Å². The average molecular weight is 385 g/mol. The first-order chi connectivity index (χ1) is 14.1. The Kier molecular flexibility index (Phi) is 6.23. The van der Waals surface area contributed by atoms with Crippen molar-refractivity contribution < 1.29 is 14.3 Å².